The van der Waals surface area contributed by atoms with Crippen LogP contribution in [0.2, 0.25) is 0 Å². The first-order valence-electron chi connectivity index (χ1n) is 10.0. The van der Waals surface area contributed by atoms with Crippen LogP contribution < -0.4 is 10.6 Å². The molecular formula is C20H36N4OS. The molecule has 1 saturated carbocycles. The fourth-order valence-electron chi connectivity index (χ4n) is 3.61. The monoisotopic (exact) mass is 380 g/mol. The first kappa shape index (κ1) is 21.2. The highest BCUT2D eigenvalue weighted by molar-refractivity contribution is 7.11. The maximum Gasteiger partial charge on any atom is 0.191 e. The summed E-state index contributed by atoms with van der Waals surface area (Å²) >= 11 is 1.80. The van der Waals surface area contributed by atoms with Crippen LogP contribution >= 0.6 is 11.3 Å². The van der Waals surface area contributed by atoms with Gasteiger partial charge in [0.15, 0.2) is 5.96 Å². The Morgan fingerprint density at radius 3 is 2.77 bits per heavy atom. The molecule has 0 radical (unpaired) electrons. The second-order valence-electron chi connectivity index (χ2n) is 7.75. The summed E-state index contributed by atoms with van der Waals surface area (Å²) in [5.41, 5.74) is 0.363. The van der Waals surface area contributed by atoms with E-state index in [9.17, 15) is 0 Å². The molecule has 0 bridgehead atoms. The third-order valence-electron chi connectivity index (χ3n) is 5.11. The molecule has 6 heteroatoms. The van der Waals surface area contributed by atoms with E-state index in [-0.39, 0.29) is 0 Å². The van der Waals surface area contributed by atoms with Crippen LogP contribution in [0.3, 0.4) is 0 Å². The molecule has 0 atom stereocenters. The first-order valence-corrected chi connectivity index (χ1v) is 10.8. The van der Waals surface area contributed by atoms with Crippen molar-refractivity contribution in [1.29, 1.82) is 0 Å². The number of hydrogen-bond acceptors (Lipinski definition) is 4. The van der Waals surface area contributed by atoms with Gasteiger partial charge in [-0.2, -0.15) is 0 Å². The predicted molar refractivity (Wildman–Crippen MR) is 111 cm³/mol. The summed E-state index contributed by atoms with van der Waals surface area (Å²) in [5, 5.41) is 8.22. The highest BCUT2D eigenvalue weighted by atomic mass is 32.1. The minimum atomic E-state index is 0.363. The van der Waals surface area contributed by atoms with Gasteiger partial charge in [0.2, 0.25) is 0 Å². The fraction of sp³-hybridized carbons (Fsp3) is 0.800. The van der Waals surface area contributed by atoms with Gasteiger partial charge >= 0.3 is 0 Å². The molecule has 5 nitrogen and oxygen atoms in total. The Labute approximate surface area is 163 Å². The minimum absolute atomic E-state index is 0.363. The largest absolute Gasteiger partial charge is 0.382 e. The molecule has 1 aliphatic rings. The molecule has 26 heavy (non-hydrogen) atoms. The van der Waals surface area contributed by atoms with Crippen LogP contribution in [0.5, 0.6) is 0 Å². The van der Waals surface area contributed by atoms with Crippen LogP contribution in [-0.2, 0) is 17.7 Å². The smallest absolute Gasteiger partial charge is 0.191 e. The number of aromatic nitrogens is 1. The predicted octanol–water partition coefficient (Wildman–Crippen LogP) is 3.99. The second kappa shape index (κ2) is 10.9. The van der Waals surface area contributed by atoms with Gasteiger partial charge in [-0.3, -0.25) is 4.99 Å². The van der Waals surface area contributed by atoms with E-state index in [2.05, 4.69) is 41.4 Å². The molecule has 0 unspecified atom stereocenters. The van der Waals surface area contributed by atoms with Crippen molar-refractivity contribution in [1.82, 2.24) is 15.6 Å². The van der Waals surface area contributed by atoms with Crippen molar-refractivity contribution in [3.8, 4) is 0 Å². The molecule has 0 spiro atoms. The number of thiazole rings is 1. The lowest BCUT2D eigenvalue weighted by molar-refractivity contribution is 0.105. The maximum atomic E-state index is 5.61. The van der Waals surface area contributed by atoms with E-state index in [1.54, 1.807) is 11.3 Å². The van der Waals surface area contributed by atoms with Crippen LogP contribution in [0.4, 0.5) is 0 Å². The van der Waals surface area contributed by atoms with E-state index in [4.69, 9.17) is 4.74 Å². The lowest BCUT2D eigenvalue weighted by Gasteiger charge is -2.30. The zero-order chi connectivity index (χ0) is 18.8. The quantitative estimate of drug-likeness (QED) is 0.366. The standard InChI is InChI=1S/C20H36N4OS/c1-5-25-11-10-20(8-6-7-9-20)15-24-19(21-4)23-14-17-13-22-18(26-17)12-16(2)3/h13,16H,5-12,14-15H2,1-4H3,(H2,21,23,24). The van der Waals surface area contributed by atoms with Gasteiger partial charge in [0.05, 0.1) is 11.6 Å². The van der Waals surface area contributed by atoms with Crippen molar-refractivity contribution in [2.45, 2.75) is 65.8 Å². The van der Waals surface area contributed by atoms with Gasteiger partial charge in [-0.1, -0.05) is 26.7 Å². The molecular weight excluding hydrogens is 344 g/mol. The molecule has 0 amide bonds. The topological polar surface area (TPSA) is 58.5 Å². The summed E-state index contributed by atoms with van der Waals surface area (Å²) in [6.07, 6.45) is 9.43. The first-order chi connectivity index (χ1) is 12.6. The van der Waals surface area contributed by atoms with Crippen LogP contribution in [0.1, 0.15) is 62.8 Å². The molecule has 1 aromatic rings. The lowest BCUT2D eigenvalue weighted by Crippen LogP contribution is -2.43. The van der Waals surface area contributed by atoms with Crippen LogP contribution in [-0.4, -0.2) is 37.7 Å². The number of nitrogens with one attached hydrogen (secondary N) is 2. The number of hydrogen-bond donors (Lipinski definition) is 2. The van der Waals surface area contributed by atoms with Crippen LogP contribution in [0.15, 0.2) is 11.2 Å². The van der Waals surface area contributed by atoms with Crippen molar-refractivity contribution in [2.24, 2.45) is 16.3 Å². The third kappa shape index (κ3) is 6.88. The van der Waals surface area contributed by atoms with Crippen molar-refractivity contribution in [3.05, 3.63) is 16.1 Å². The van der Waals surface area contributed by atoms with Gasteiger partial charge in [0.25, 0.3) is 0 Å². The van der Waals surface area contributed by atoms with Crippen LogP contribution in [0.25, 0.3) is 0 Å². The normalized spacial score (nSPS) is 17.0. The molecule has 0 aliphatic heterocycles. The number of guanidine groups is 1. The van der Waals surface area contributed by atoms with Gasteiger partial charge in [0, 0.05) is 44.3 Å². The van der Waals surface area contributed by atoms with Gasteiger partial charge < -0.3 is 15.4 Å². The van der Waals surface area contributed by atoms with Crippen molar-refractivity contribution in [3.63, 3.8) is 0 Å². The third-order valence-corrected chi connectivity index (χ3v) is 6.13. The SMILES string of the molecule is CCOCCC1(CNC(=NC)NCc2cnc(CC(C)C)s2)CCCC1. The average molecular weight is 381 g/mol. The summed E-state index contributed by atoms with van der Waals surface area (Å²) in [4.78, 5) is 10.2. The molecule has 1 aliphatic carbocycles. The highest BCUT2D eigenvalue weighted by Crippen LogP contribution is 2.40. The Hall–Kier alpha value is -1.14. The number of aliphatic imine (C=N–C) groups is 1. The van der Waals surface area contributed by atoms with Gasteiger partial charge in [0.1, 0.15) is 0 Å². The summed E-state index contributed by atoms with van der Waals surface area (Å²) in [7, 11) is 1.84. The zero-order valence-electron chi connectivity index (χ0n) is 16.9. The number of nitrogens with zero attached hydrogens (tertiary/aromatic N) is 2. The molecule has 1 aromatic heterocycles. The van der Waals surface area contributed by atoms with Crippen molar-refractivity contribution in [2.75, 3.05) is 26.8 Å². The second-order valence-corrected chi connectivity index (χ2v) is 8.95. The fourth-order valence-corrected chi connectivity index (χ4v) is 4.68. The van der Waals surface area contributed by atoms with E-state index < -0.39 is 0 Å². The Kier molecular flexibility index (Phi) is 8.85. The molecule has 2 N–H and O–H groups in total. The Morgan fingerprint density at radius 1 is 1.35 bits per heavy atom. The number of rotatable bonds is 10. The lowest BCUT2D eigenvalue weighted by atomic mass is 9.83. The number of ether oxygens (including phenoxy) is 1. The van der Waals surface area contributed by atoms with E-state index in [0.717, 1.165) is 45.1 Å². The zero-order valence-corrected chi connectivity index (χ0v) is 17.8. The van der Waals surface area contributed by atoms with E-state index in [0.29, 0.717) is 11.3 Å². The van der Waals surface area contributed by atoms with Gasteiger partial charge in [-0.05, 0) is 37.5 Å². The minimum Gasteiger partial charge on any atom is -0.382 e. The van der Waals surface area contributed by atoms with E-state index in [1.807, 2.05) is 13.2 Å². The average Bonchev–Trinajstić information content (AvgIpc) is 3.25. The Morgan fingerprint density at radius 2 is 2.12 bits per heavy atom. The molecule has 148 valence electrons. The molecule has 0 saturated heterocycles. The molecule has 1 heterocycles. The maximum absolute atomic E-state index is 5.61. The summed E-state index contributed by atoms with van der Waals surface area (Å²) in [6, 6.07) is 0. The van der Waals surface area contributed by atoms with Gasteiger partial charge in [-0.15, -0.1) is 11.3 Å². The summed E-state index contributed by atoms with van der Waals surface area (Å²) in [6.45, 7) is 9.95. The van der Waals surface area contributed by atoms with E-state index >= 15 is 0 Å². The van der Waals surface area contributed by atoms with Crippen molar-refractivity contribution >= 4 is 17.3 Å². The van der Waals surface area contributed by atoms with Crippen LogP contribution in [0, 0.1) is 11.3 Å². The summed E-state index contributed by atoms with van der Waals surface area (Å²) < 4.78 is 5.61. The highest BCUT2D eigenvalue weighted by Gasteiger charge is 2.33. The van der Waals surface area contributed by atoms with Gasteiger partial charge in [-0.25, -0.2) is 4.98 Å². The summed E-state index contributed by atoms with van der Waals surface area (Å²) in [5.74, 6) is 1.53. The molecule has 1 fully saturated rings. The van der Waals surface area contributed by atoms with E-state index in [1.165, 1.54) is 35.6 Å². The molecule has 0 aromatic carbocycles. The Bertz CT molecular complexity index is 550. The molecule has 2 rings (SSSR count). The van der Waals surface area contributed by atoms with Crippen molar-refractivity contribution < 1.29 is 4.74 Å². The Balaban J connectivity index is 1.80.